The monoisotopic (exact) mass is 498 g/mol. The zero-order valence-corrected chi connectivity index (χ0v) is 18.1. The zero-order valence-electron chi connectivity index (χ0n) is 16.5. The van der Waals surface area contributed by atoms with E-state index < -0.39 is 30.0 Å². The van der Waals surface area contributed by atoms with Gasteiger partial charge in [0, 0.05) is 16.2 Å². The molecule has 2 N–H and O–H groups in total. The summed E-state index contributed by atoms with van der Waals surface area (Å²) in [4.78, 5) is 24.8. The Labute approximate surface area is 186 Å². The lowest BCUT2D eigenvalue weighted by Crippen LogP contribution is -2.41. The van der Waals surface area contributed by atoms with Crippen LogP contribution in [0.3, 0.4) is 0 Å². The number of benzene rings is 2. The Hall–Kier alpha value is -2.55. The first kappa shape index (κ1) is 23.1. The van der Waals surface area contributed by atoms with Gasteiger partial charge in [-0.25, -0.2) is 0 Å². The van der Waals surface area contributed by atoms with Crippen molar-refractivity contribution in [2.75, 3.05) is 11.9 Å². The summed E-state index contributed by atoms with van der Waals surface area (Å²) < 4.78 is 45.4. The van der Waals surface area contributed by atoms with E-state index in [1.54, 1.807) is 42.5 Å². The molecule has 2 aromatic carbocycles. The molecule has 2 atom stereocenters. The highest BCUT2D eigenvalue weighted by molar-refractivity contribution is 9.10. The summed E-state index contributed by atoms with van der Waals surface area (Å²) in [5.41, 5.74) is 0.771. The second-order valence-electron chi connectivity index (χ2n) is 7.42. The van der Waals surface area contributed by atoms with Crippen LogP contribution in [0.25, 0.3) is 0 Å². The number of ether oxygens (including phenoxy) is 1. The summed E-state index contributed by atoms with van der Waals surface area (Å²) in [5.74, 6) is -2.14. The van der Waals surface area contributed by atoms with Crippen LogP contribution < -0.4 is 15.4 Å². The molecule has 5 nitrogen and oxygen atoms in total. The molecule has 31 heavy (non-hydrogen) atoms. The van der Waals surface area contributed by atoms with Gasteiger partial charge in [0.25, 0.3) is 11.8 Å². The second kappa shape index (κ2) is 10.2. The minimum absolute atomic E-state index is 0.0864. The molecular formula is C22H22BrF3N2O3. The van der Waals surface area contributed by atoms with Crippen molar-refractivity contribution in [1.29, 1.82) is 0 Å². The van der Waals surface area contributed by atoms with Crippen LogP contribution in [0.2, 0.25) is 0 Å². The van der Waals surface area contributed by atoms with Crippen LogP contribution in [0, 0.1) is 5.92 Å². The van der Waals surface area contributed by atoms with E-state index in [0.717, 1.165) is 4.47 Å². The zero-order chi connectivity index (χ0) is 22.4. The topological polar surface area (TPSA) is 67.4 Å². The Morgan fingerprint density at radius 3 is 2.48 bits per heavy atom. The van der Waals surface area contributed by atoms with Crippen LogP contribution in [-0.4, -0.2) is 30.6 Å². The molecular weight excluding hydrogens is 477 g/mol. The first-order valence-corrected chi connectivity index (χ1v) is 10.7. The average molecular weight is 499 g/mol. The number of carbonyl (C=O) groups is 2. The summed E-state index contributed by atoms with van der Waals surface area (Å²) in [6.45, 7) is -0.320. The van der Waals surface area contributed by atoms with E-state index in [-0.39, 0.29) is 30.8 Å². The Morgan fingerprint density at radius 1 is 1.06 bits per heavy atom. The van der Waals surface area contributed by atoms with Gasteiger partial charge in [-0.3, -0.25) is 9.59 Å². The van der Waals surface area contributed by atoms with Crippen molar-refractivity contribution in [3.8, 4) is 5.75 Å². The lowest BCUT2D eigenvalue weighted by Gasteiger charge is -2.31. The van der Waals surface area contributed by atoms with Crippen LogP contribution >= 0.6 is 15.9 Å². The van der Waals surface area contributed by atoms with E-state index in [0.29, 0.717) is 18.5 Å². The highest BCUT2D eigenvalue weighted by Crippen LogP contribution is 2.37. The average Bonchev–Trinajstić information content (AvgIpc) is 2.74. The van der Waals surface area contributed by atoms with Gasteiger partial charge in [0.1, 0.15) is 5.75 Å². The summed E-state index contributed by atoms with van der Waals surface area (Å²) in [5, 5.41) is 5.37. The van der Waals surface area contributed by atoms with Crippen molar-refractivity contribution < 1.29 is 27.5 Å². The van der Waals surface area contributed by atoms with Gasteiger partial charge in [-0.2, -0.15) is 13.2 Å². The van der Waals surface area contributed by atoms with E-state index in [4.69, 9.17) is 4.74 Å². The highest BCUT2D eigenvalue weighted by Gasteiger charge is 2.42. The van der Waals surface area contributed by atoms with Crippen molar-refractivity contribution in [2.24, 2.45) is 5.92 Å². The van der Waals surface area contributed by atoms with E-state index >= 15 is 0 Å². The second-order valence-corrected chi connectivity index (χ2v) is 8.33. The number of hydrogen-bond acceptors (Lipinski definition) is 3. The smallest absolute Gasteiger partial charge is 0.391 e. The van der Waals surface area contributed by atoms with Gasteiger partial charge in [0.2, 0.25) is 0 Å². The molecule has 0 radical (unpaired) electrons. The summed E-state index contributed by atoms with van der Waals surface area (Å²) in [7, 11) is 0. The predicted molar refractivity (Wildman–Crippen MR) is 114 cm³/mol. The van der Waals surface area contributed by atoms with Crippen LogP contribution in [0.15, 0.2) is 53.0 Å². The maximum absolute atomic E-state index is 13.0. The van der Waals surface area contributed by atoms with E-state index in [2.05, 4.69) is 26.6 Å². The Bertz CT molecular complexity index is 919. The highest BCUT2D eigenvalue weighted by atomic mass is 79.9. The molecule has 0 saturated heterocycles. The fourth-order valence-electron chi connectivity index (χ4n) is 3.54. The quantitative estimate of drug-likeness (QED) is 0.566. The minimum Gasteiger partial charge on any atom is -0.483 e. The van der Waals surface area contributed by atoms with Crippen LogP contribution in [0.1, 0.15) is 36.0 Å². The summed E-state index contributed by atoms with van der Waals surface area (Å²) >= 11 is 3.31. The van der Waals surface area contributed by atoms with Crippen molar-refractivity contribution in [3.63, 3.8) is 0 Å². The van der Waals surface area contributed by atoms with Gasteiger partial charge < -0.3 is 15.4 Å². The van der Waals surface area contributed by atoms with Gasteiger partial charge >= 0.3 is 6.18 Å². The lowest BCUT2D eigenvalue weighted by atomic mass is 9.85. The molecule has 0 aromatic heterocycles. The molecule has 1 aliphatic carbocycles. The molecule has 0 spiro atoms. The van der Waals surface area contributed by atoms with Gasteiger partial charge in [0.05, 0.1) is 11.5 Å². The molecule has 2 aromatic rings. The number of anilines is 1. The maximum atomic E-state index is 13.0. The third kappa shape index (κ3) is 6.72. The number of para-hydroxylation sites is 1. The summed E-state index contributed by atoms with van der Waals surface area (Å²) in [6.07, 6.45) is -3.40. The normalized spacial score (nSPS) is 18.8. The first-order chi connectivity index (χ1) is 14.7. The fourth-order valence-corrected chi connectivity index (χ4v) is 3.80. The Kier molecular flexibility index (Phi) is 7.59. The number of nitrogens with one attached hydrogen (secondary N) is 2. The molecule has 1 aliphatic rings. The molecule has 1 fully saturated rings. The molecule has 0 heterocycles. The predicted octanol–water partition coefficient (Wildman–Crippen LogP) is 5.32. The van der Waals surface area contributed by atoms with Crippen LogP contribution in [0.4, 0.5) is 18.9 Å². The largest absolute Gasteiger partial charge is 0.483 e. The summed E-state index contributed by atoms with van der Waals surface area (Å²) in [6, 6.07) is 12.8. The SMILES string of the molecule is O=C(COc1ccccc1C(=O)N[C@@H]1CCC[C@H](C(F)(F)F)C1)Nc1ccc(Br)cc1. The van der Waals surface area contributed by atoms with Gasteiger partial charge in [-0.15, -0.1) is 0 Å². The number of carbonyl (C=O) groups excluding carboxylic acids is 2. The molecule has 0 bridgehead atoms. The Morgan fingerprint density at radius 2 is 1.77 bits per heavy atom. The fraction of sp³-hybridized carbons (Fsp3) is 0.364. The molecule has 166 valence electrons. The first-order valence-electron chi connectivity index (χ1n) is 9.87. The Balaban J connectivity index is 1.58. The third-order valence-electron chi connectivity index (χ3n) is 5.09. The molecule has 0 aliphatic heterocycles. The van der Waals surface area contributed by atoms with Gasteiger partial charge in [-0.05, 0) is 55.7 Å². The van der Waals surface area contributed by atoms with Crippen LogP contribution in [-0.2, 0) is 4.79 Å². The van der Waals surface area contributed by atoms with Gasteiger partial charge in [0.15, 0.2) is 6.61 Å². The standard InChI is InChI=1S/C22H22BrF3N2O3/c23-15-8-10-16(11-9-15)27-20(29)13-31-19-7-2-1-6-18(19)21(30)28-17-5-3-4-14(12-17)22(24,25)26/h1-2,6-11,14,17H,3-5,12-13H2,(H,27,29)(H,28,30)/t14-,17+/m0/s1. The number of hydrogen-bond donors (Lipinski definition) is 2. The van der Waals surface area contributed by atoms with Crippen LogP contribution in [0.5, 0.6) is 5.75 Å². The van der Waals surface area contributed by atoms with Crippen molar-refractivity contribution in [3.05, 3.63) is 58.6 Å². The third-order valence-corrected chi connectivity index (χ3v) is 5.62. The van der Waals surface area contributed by atoms with Gasteiger partial charge in [-0.1, -0.05) is 34.5 Å². The number of rotatable bonds is 6. The molecule has 3 rings (SSSR count). The van der Waals surface area contributed by atoms with Crippen molar-refractivity contribution in [1.82, 2.24) is 5.32 Å². The maximum Gasteiger partial charge on any atom is 0.391 e. The van der Waals surface area contributed by atoms with E-state index in [1.165, 1.54) is 6.07 Å². The molecule has 2 amide bonds. The number of amides is 2. The van der Waals surface area contributed by atoms with Crippen molar-refractivity contribution >= 4 is 33.4 Å². The minimum atomic E-state index is -4.26. The van der Waals surface area contributed by atoms with Crippen molar-refractivity contribution in [2.45, 2.75) is 37.9 Å². The number of alkyl halides is 3. The molecule has 9 heteroatoms. The lowest BCUT2D eigenvalue weighted by molar-refractivity contribution is -0.183. The molecule has 0 unspecified atom stereocenters. The van der Waals surface area contributed by atoms with E-state index in [1.807, 2.05) is 0 Å². The van der Waals surface area contributed by atoms with E-state index in [9.17, 15) is 22.8 Å². The number of halogens is 4. The molecule has 1 saturated carbocycles.